The van der Waals surface area contributed by atoms with Crippen LogP contribution < -0.4 is 10.1 Å². The first-order valence-corrected chi connectivity index (χ1v) is 8.36. The highest BCUT2D eigenvalue weighted by Crippen LogP contribution is 2.28. The van der Waals surface area contributed by atoms with Crippen molar-refractivity contribution in [3.05, 3.63) is 72.6 Å². The summed E-state index contributed by atoms with van der Waals surface area (Å²) in [6, 6.07) is 17.8. The topological polar surface area (TPSA) is 70.2 Å². The van der Waals surface area contributed by atoms with Gasteiger partial charge in [-0.2, -0.15) is 0 Å². The molecule has 5 heteroatoms. The van der Waals surface area contributed by atoms with Gasteiger partial charge in [0, 0.05) is 29.8 Å². The minimum atomic E-state index is 0.144. The largest absolute Gasteiger partial charge is 0.504 e. The van der Waals surface area contributed by atoms with Crippen molar-refractivity contribution in [3.8, 4) is 22.6 Å². The highest BCUT2D eigenvalue weighted by molar-refractivity contribution is 5.88. The zero-order valence-corrected chi connectivity index (χ0v) is 14.4. The van der Waals surface area contributed by atoms with Crippen molar-refractivity contribution in [2.45, 2.75) is 6.54 Å². The smallest absolute Gasteiger partial charge is 0.160 e. The molecule has 5 nitrogen and oxygen atoms in total. The van der Waals surface area contributed by atoms with Gasteiger partial charge in [0.05, 0.1) is 7.11 Å². The summed E-state index contributed by atoms with van der Waals surface area (Å²) in [4.78, 5) is 7.46. The van der Waals surface area contributed by atoms with E-state index in [1.807, 2.05) is 18.2 Å². The number of hydrogen-bond donors (Lipinski definition) is 3. The molecule has 0 unspecified atom stereocenters. The van der Waals surface area contributed by atoms with Crippen LogP contribution in [0.3, 0.4) is 0 Å². The lowest BCUT2D eigenvalue weighted by Gasteiger charge is -2.07. The van der Waals surface area contributed by atoms with Gasteiger partial charge in [0.15, 0.2) is 11.5 Å². The number of phenols is 1. The Morgan fingerprint density at radius 1 is 1.00 bits per heavy atom. The first-order chi connectivity index (χ1) is 12.7. The fraction of sp³-hybridized carbons (Fsp3) is 0.0952. The molecule has 0 saturated carbocycles. The van der Waals surface area contributed by atoms with Crippen LogP contribution in [0.1, 0.15) is 5.56 Å². The average molecular weight is 345 g/mol. The van der Waals surface area contributed by atoms with Gasteiger partial charge in [0.25, 0.3) is 0 Å². The van der Waals surface area contributed by atoms with Gasteiger partial charge in [-0.1, -0.05) is 18.2 Å². The molecule has 0 atom stereocenters. The normalized spacial score (nSPS) is 10.8. The third-order valence-corrected chi connectivity index (χ3v) is 4.36. The fourth-order valence-electron chi connectivity index (χ4n) is 2.99. The van der Waals surface area contributed by atoms with Crippen LogP contribution in [0.25, 0.3) is 22.0 Å². The van der Waals surface area contributed by atoms with Gasteiger partial charge < -0.3 is 20.1 Å². The second kappa shape index (κ2) is 6.80. The minimum absolute atomic E-state index is 0.144. The van der Waals surface area contributed by atoms with Crippen LogP contribution in [0.2, 0.25) is 0 Å². The Balaban J connectivity index is 1.53. The maximum absolute atomic E-state index is 9.88. The molecule has 4 rings (SSSR count). The molecule has 0 fully saturated rings. The number of hydrogen-bond acceptors (Lipinski definition) is 4. The Morgan fingerprint density at radius 2 is 1.85 bits per heavy atom. The van der Waals surface area contributed by atoms with Crippen molar-refractivity contribution in [1.29, 1.82) is 0 Å². The third-order valence-electron chi connectivity index (χ3n) is 4.36. The van der Waals surface area contributed by atoms with Crippen LogP contribution >= 0.6 is 0 Å². The number of H-pyrrole nitrogens is 1. The number of fused-ring (bicyclic) bond motifs is 1. The first-order valence-electron chi connectivity index (χ1n) is 8.36. The molecule has 0 radical (unpaired) electrons. The van der Waals surface area contributed by atoms with E-state index in [0.29, 0.717) is 12.3 Å². The summed E-state index contributed by atoms with van der Waals surface area (Å²) in [7, 11) is 1.54. The Labute approximate surface area is 151 Å². The lowest BCUT2D eigenvalue weighted by molar-refractivity contribution is 0.373. The van der Waals surface area contributed by atoms with Crippen LogP contribution in [-0.4, -0.2) is 22.2 Å². The zero-order chi connectivity index (χ0) is 17.9. The molecule has 3 N–H and O–H groups in total. The summed E-state index contributed by atoms with van der Waals surface area (Å²) in [5, 5.41) is 14.4. The van der Waals surface area contributed by atoms with E-state index in [9.17, 15) is 5.11 Å². The third kappa shape index (κ3) is 3.19. The summed E-state index contributed by atoms with van der Waals surface area (Å²) >= 11 is 0. The number of benzene rings is 2. The molecule has 4 aromatic rings. The molecular formula is C21H19N3O2. The number of aromatic amines is 1. The predicted molar refractivity (Wildman–Crippen MR) is 104 cm³/mol. The summed E-state index contributed by atoms with van der Waals surface area (Å²) in [5.74, 6) is 1.55. The molecule has 130 valence electrons. The maximum atomic E-state index is 9.88. The standard InChI is InChI=1S/C21H19N3O2/c1-26-20-5-2-14(10-19(20)25)13-23-21-12-17-4-3-16(11-18(17)24-21)15-6-8-22-9-7-15/h2-12,23-25H,13H2,1H3. The number of rotatable bonds is 5. The van der Waals surface area contributed by atoms with Crippen molar-refractivity contribution in [1.82, 2.24) is 9.97 Å². The lowest BCUT2D eigenvalue weighted by Crippen LogP contribution is -1.99. The molecule has 0 bridgehead atoms. The van der Waals surface area contributed by atoms with Crippen molar-refractivity contribution < 1.29 is 9.84 Å². The number of nitrogens with zero attached hydrogens (tertiary/aromatic N) is 1. The van der Waals surface area contributed by atoms with Crippen molar-refractivity contribution in [2.75, 3.05) is 12.4 Å². The van der Waals surface area contributed by atoms with Crippen LogP contribution in [0.5, 0.6) is 11.5 Å². The summed E-state index contributed by atoms with van der Waals surface area (Å²) in [6.07, 6.45) is 3.59. The number of ether oxygens (including phenoxy) is 1. The van der Waals surface area contributed by atoms with E-state index in [2.05, 4.69) is 39.6 Å². The van der Waals surface area contributed by atoms with Crippen LogP contribution in [0.4, 0.5) is 5.82 Å². The van der Waals surface area contributed by atoms with Crippen LogP contribution in [0, 0.1) is 0 Å². The average Bonchev–Trinajstić information content (AvgIpc) is 3.09. The number of pyridine rings is 1. The Morgan fingerprint density at radius 3 is 2.62 bits per heavy atom. The van der Waals surface area contributed by atoms with Gasteiger partial charge in [0.1, 0.15) is 5.82 Å². The van der Waals surface area contributed by atoms with Gasteiger partial charge in [-0.05, 0) is 53.1 Å². The Hall–Kier alpha value is -3.47. The molecular weight excluding hydrogens is 326 g/mol. The molecule has 2 aromatic heterocycles. The van der Waals surface area contributed by atoms with E-state index in [-0.39, 0.29) is 5.75 Å². The highest BCUT2D eigenvalue weighted by Gasteiger charge is 2.05. The number of methoxy groups -OCH3 is 1. The van der Waals surface area contributed by atoms with Crippen molar-refractivity contribution in [2.24, 2.45) is 0 Å². The SMILES string of the molecule is COc1ccc(CNc2cc3ccc(-c4ccncc4)cc3[nH]2)cc1O. The van der Waals surface area contributed by atoms with Gasteiger partial charge in [-0.3, -0.25) is 4.98 Å². The van der Waals surface area contributed by atoms with E-state index in [0.717, 1.165) is 33.4 Å². The zero-order valence-electron chi connectivity index (χ0n) is 14.4. The number of aromatic nitrogens is 2. The first kappa shape index (κ1) is 16.0. The molecule has 26 heavy (non-hydrogen) atoms. The number of anilines is 1. The summed E-state index contributed by atoms with van der Waals surface area (Å²) in [5.41, 5.74) is 4.33. The monoisotopic (exact) mass is 345 g/mol. The predicted octanol–water partition coefficient (Wildman–Crippen LogP) is 4.56. The molecule has 0 amide bonds. The lowest BCUT2D eigenvalue weighted by atomic mass is 10.1. The van der Waals surface area contributed by atoms with Gasteiger partial charge in [-0.25, -0.2) is 0 Å². The minimum Gasteiger partial charge on any atom is -0.504 e. The second-order valence-electron chi connectivity index (χ2n) is 6.08. The van der Waals surface area contributed by atoms with E-state index < -0.39 is 0 Å². The number of nitrogens with one attached hydrogen (secondary N) is 2. The molecule has 0 aliphatic carbocycles. The second-order valence-corrected chi connectivity index (χ2v) is 6.08. The molecule has 0 aliphatic rings. The maximum Gasteiger partial charge on any atom is 0.160 e. The molecule has 2 aromatic carbocycles. The van der Waals surface area contributed by atoms with Gasteiger partial charge >= 0.3 is 0 Å². The van der Waals surface area contributed by atoms with E-state index in [1.165, 1.54) is 7.11 Å². The quantitative estimate of drug-likeness (QED) is 0.496. The summed E-state index contributed by atoms with van der Waals surface area (Å²) < 4.78 is 5.07. The van der Waals surface area contributed by atoms with Crippen molar-refractivity contribution >= 4 is 16.7 Å². The number of phenolic OH excluding ortho intramolecular Hbond substituents is 1. The van der Waals surface area contributed by atoms with Crippen LogP contribution in [0.15, 0.2) is 67.0 Å². The highest BCUT2D eigenvalue weighted by atomic mass is 16.5. The molecule has 2 heterocycles. The Bertz CT molecular complexity index is 1040. The molecule has 0 aliphatic heterocycles. The Kier molecular flexibility index (Phi) is 4.19. The van der Waals surface area contributed by atoms with Gasteiger partial charge in [0.2, 0.25) is 0 Å². The van der Waals surface area contributed by atoms with E-state index >= 15 is 0 Å². The van der Waals surface area contributed by atoms with Gasteiger partial charge in [-0.15, -0.1) is 0 Å². The molecule has 0 spiro atoms. The van der Waals surface area contributed by atoms with Crippen molar-refractivity contribution in [3.63, 3.8) is 0 Å². The molecule has 0 saturated heterocycles. The summed E-state index contributed by atoms with van der Waals surface area (Å²) in [6.45, 7) is 0.599. The number of aromatic hydroxyl groups is 1. The fourth-order valence-corrected chi connectivity index (χ4v) is 2.99. The van der Waals surface area contributed by atoms with Crippen LogP contribution in [-0.2, 0) is 6.54 Å². The van der Waals surface area contributed by atoms with E-state index in [4.69, 9.17) is 4.74 Å². The van der Waals surface area contributed by atoms with E-state index in [1.54, 1.807) is 24.5 Å².